The summed E-state index contributed by atoms with van der Waals surface area (Å²) >= 11 is 0. The number of ether oxygens (including phenoxy) is 5. The van der Waals surface area contributed by atoms with Crippen LogP contribution < -0.4 is 0 Å². The van der Waals surface area contributed by atoms with Gasteiger partial charge in [0.05, 0.1) is 30.3 Å². The van der Waals surface area contributed by atoms with E-state index in [9.17, 15) is 14.7 Å². The number of allylic oxidation sites excluding steroid dienone is 3. The van der Waals surface area contributed by atoms with E-state index < -0.39 is 32.4 Å². The fourth-order valence-electron chi connectivity index (χ4n) is 7.26. The zero-order valence-corrected chi connectivity index (χ0v) is 35.7. The molecule has 11 atom stereocenters. The number of amides is 1. The number of rotatable bonds is 18. The molecule has 0 radical (unpaired) electrons. The molecule has 11 heteroatoms. The molecule has 2 aliphatic heterocycles. The monoisotopic (exact) mass is 752 g/mol. The summed E-state index contributed by atoms with van der Waals surface area (Å²) in [5.74, 6) is -0.144. The van der Waals surface area contributed by atoms with Crippen molar-refractivity contribution < 1.29 is 42.8 Å². The number of hydrogen-bond acceptors (Lipinski definition) is 9. The number of hydrogen-bond donors (Lipinski definition) is 1. The maximum Gasteiger partial charge on any atom is 0.409 e. The topological polar surface area (TPSA) is 116 Å². The molecule has 2 rings (SSSR count). The summed E-state index contributed by atoms with van der Waals surface area (Å²) in [7, 11) is 1.33. The lowest BCUT2D eigenvalue weighted by molar-refractivity contribution is -0.221. The first-order chi connectivity index (χ1) is 24.5. The summed E-state index contributed by atoms with van der Waals surface area (Å²) in [6, 6.07) is 2.91. The summed E-state index contributed by atoms with van der Waals surface area (Å²) in [6.07, 6.45) is 10.0. The molecular formula is C41H73NO9Si. The van der Waals surface area contributed by atoms with Crippen molar-refractivity contribution in [2.45, 2.75) is 175 Å². The van der Waals surface area contributed by atoms with Crippen LogP contribution in [0.4, 0.5) is 4.79 Å². The van der Waals surface area contributed by atoms with Crippen LogP contribution in [0.25, 0.3) is 0 Å². The van der Waals surface area contributed by atoms with Gasteiger partial charge in [0.15, 0.2) is 14.6 Å². The molecule has 300 valence electrons. The Kier molecular flexibility index (Phi) is 19.3. The van der Waals surface area contributed by atoms with Crippen molar-refractivity contribution in [3.05, 3.63) is 36.0 Å². The summed E-state index contributed by atoms with van der Waals surface area (Å²) in [6.45, 7) is 23.0. The van der Waals surface area contributed by atoms with Gasteiger partial charge in [-0.1, -0.05) is 78.8 Å². The van der Waals surface area contributed by atoms with Crippen LogP contribution in [-0.2, 0) is 32.9 Å². The van der Waals surface area contributed by atoms with Gasteiger partial charge >= 0.3 is 12.1 Å². The molecule has 1 N–H and O–H groups in total. The smallest absolute Gasteiger partial charge is 0.409 e. The Morgan fingerprint density at radius 1 is 1.12 bits per heavy atom. The highest BCUT2D eigenvalue weighted by molar-refractivity contribution is 6.73. The Balaban J connectivity index is 2.25. The van der Waals surface area contributed by atoms with E-state index in [0.29, 0.717) is 19.4 Å². The predicted molar refractivity (Wildman–Crippen MR) is 209 cm³/mol. The Morgan fingerprint density at radius 2 is 1.77 bits per heavy atom. The number of nitrogens with zero attached hydrogens (tertiary/aromatic N) is 1. The fourth-order valence-corrected chi connectivity index (χ4v) is 10.2. The van der Waals surface area contributed by atoms with Gasteiger partial charge in [-0.2, -0.15) is 0 Å². The second kappa shape index (κ2) is 21.8. The standard InChI is InChI=1S/C41H73NO9Si/c1-14-34(48-40(45)42(12)13)31(9)39-35(47-39)26-28(6)20-19-21-29(7)38-30(8)22-23-36(43)41(11,50-32(10)46-15-2)25-24-33(27-37(44)49-38)51-52(16-3,17-4)18-5/h19-23,28,30-36,38-39,43H,14-18,24-27H2,1-13H3/b20-19+,23-22-,29-21+. The maximum absolute atomic E-state index is 13.7. The highest BCUT2D eigenvalue weighted by Gasteiger charge is 2.46. The molecule has 0 saturated carbocycles. The van der Waals surface area contributed by atoms with Gasteiger partial charge in [-0.3, -0.25) is 4.79 Å². The van der Waals surface area contributed by atoms with Crippen LogP contribution in [0.1, 0.15) is 108 Å². The highest BCUT2D eigenvalue weighted by Crippen LogP contribution is 2.38. The molecule has 1 amide bonds. The lowest BCUT2D eigenvalue weighted by Crippen LogP contribution is -2.46. The van der Waals surface area contributed by atoms with Crippen molar-refractivity contribution in [3.8, 4) is 0 Å². The molecule has 0 spiro atoms. The van der Waals surface area contributed by atoms with Gasteiger partial charge < -0.3 is 38.1 Å². The molecule has 2 heterocycles. The largest absolute Gasteiger partial charge is 0.457 e. The Hall–Kier alpha value is -2.02. The Labute approximate surface area is 316 Å². The van der Waals surface area contributed by atoms with Crippen LogP contribution in [0, 0.1) is 17.8 Å². The summed E-state index contributed by atoms with van der Waals surface area (Å²) < 4.78 is 36.9. The SMILES string of the molecule is CCOC(C)OC1(C)CCC(O[Si](CC)(CC)CC)CC(=O)OC(/C(C)=C/C=C/C(C)CC2OC2C(C)C(CC)OC(=O)N(C)C)C(C)/C=C\C1O. The molecule has 10 nitrogen and oxygen atoms in total. The van der Waals surface area contributed by atoms with E-state index in [0.717, 1.165) is 36.5 Å². The van der Waals surface area contributed by atoms with Gasteiger partial charge in [0, 0.05) is 32.5 Å². The van der Waals surface area contributed by atoms with Crippen molar-refractivity contribution in [2.24, 2.45) is 17.8 Å². The highest BCUT2D eigenvalue weighted by atomic mass is 28.4. The average molecular weight is 752 g/mol. The first kappa shape index (κ1) is 46.1. The third-order valence-corrected chi connectivity index (χ3v) is 15.8. The van der Waals surface area contributed by atoms with Gasteiger partial charge in [0.2, 0.25) is 0 Å². The van der Waals surface area contributed by atoms with Crippen LogP contribution in [0.15, 0.2) is 36.0 Å². The molecule has 1 saturated heterocycles. The molecule has 0 aliphatic carbocycles. The van der Waals surface area contributed by atoms with Crippen molar-refractivity contribution in [1.82, 2.24) is 4.90 Å². The first-order valence-corrected chi connectivity index (χ1v) is 22.4. The normalized spacial score (nSPS) is 30.7. The van der Waals surface area contributed by atoms with E-state index in [-0.39, 0.29) is 60.7 Å². The predicted octanol–water partition coefficient (Wildman–Crippen LogP) is 8.59. The zero-order chi connectivity index (χ0) is 39.2. The number of esters is 1. The second-order valence-electron chi connectivity index (χ2n) is 15.5. The summed E-state index contributed by atoms with van der Waals surface area (Å²) in [5.41, 5.74) is -0.0381. The zero-order valence-electron chi connectivity index (χ0n) is 34.7. The van der Waals surface area contributed by atoms with E-state index in [1.165, 1.54) is 4.90 Å². The minimum absolute atomic E-state index is 0.0638. The lowest BCUT2D eigenvalue weighted by atomic mass is 9.88. The summed E-state index contributed by atoms with van der Waals surface area (Å²) in [5, 5.41) is 11.6. The number of epoxide rings is 1. The number of aliphatic hydroxyl groups is 1. The first-order valence-electron chi connectivity index (χ1n) is 19.9. The van der Waals surface area contributed by atoms with Crippen molar-refractivity contribution in [1.29, 1.82) is 0 Å². The van der Waals surface area contributed by atoms with Crippen LogP contribution in [0.5, 0.6) is 0 Å². The lowest BCUT2D eigenvalue weighted by Gasteiger charge is -2.39. The third kappa shape index (κ3) is 14.0. The summed E-state index contributed by atoms with van der Waals surface area (Å²) in [4.78, 5) is 27.2. The molecule has 2 aliphatic rings. The van der Waals surface area contributed by atoms with Crippen molar-refractivity contribution >= 4 is 20.4 Å². The minimum atomic E-state index is -2.05. The molecule has 0 aromatic carbocycles. The van der Waals surface area contributed by atoms with E-state index in [2.05, 4.69) is 40.7 Å². The number of cyclic esters (lactones) is 1. The van der Waals surface area contributed by atoms with Gasteiger partial charge in [-0.15, -0.1) is 0 Å². The molecule has 0 aromatic rings. The van der Waals surface area contributed by atoms with Crippen LogP contribution in [0.3, 0.4) is 0 Å². The number of aliphatic hydroxyl groups excluding tert-OH is 1. The fraction of sp³-hybridized carbons (Fsp3) is 0.805. The number of carbonyl (C=O) groups is 2. The van der Waals surface area contributed by atoms with Crippen LogP contribution >= 0.6 is 0 Å². The minimum Gasteiger partial charge on any atom is -0.457 e. The molecule has 1 fully saturated rings. The van der Waals surface area contributed by atoms with Crippen molar-refractivity contribution in [3.63, 3.8) is 0 Å². The van der Waals surface area contributed by atoms with Gasteiger partial charge in [0.1, 0.15) is 18.3 Å². The maximum atomic E-state index is 13.7. The van der Waals surface area contributed by atoms with Gasteiger partial charge in [-0.25, -0.2) is 4.79 Å². The van der Waals surface area contributed by atoms with E-state index in [4.69, 9.17) is 28.1 Å². The molecule has 11 unspecified atom stereocenters. The van der Waals surface area contributed by atoms with Crippen molar-refractivity contribution in [2.75, 3.05) is 20.7 Å². The van der Waals surface area contributed by atoms with E-state index in [1.54, 1.807) is 20.2 Å². The average Bonchev–Trinajstić information content (AvgIpc) is 3.87. The van der Waals surface area contributed by atoms with E-state index in [1.807, 2.05) is 59.8 Å². The second-order valence-corrected chi connectivity index (χ2v) is 20.2. The molecule has 52 heavy (non-hydrogen) atoms. The Morgan fingerprint density at radius 3 is 2.35 bits per heavy atom. The van der Waals surface area contributed by atoms with E-state index >= 15 is 0 Å². The Bertz CT molecular complexity index is 1180. The number of carbonyl (C=O) groups excluding carboxylic acids is 2. The molecular weight excluding hydrogens is 679 g/mol. The van der Waals surface area contributed by atoms with Gasteiger partial charge in [0.25, 0.3) is 0 Å². The molecule has 0 aromatic heterocycles. The third-order valence-electron chi connectivity index (χ3n) is 11.1. The molecule has 0 bridgehead atoms. The van der Waals surface area contributed by atoms with Gasteiger partial charge in [-0.05, 0) is 83.0 Å². The van der Waals surface area contributed by atoms with Crippen LogP contribution in [-0.4, -0.2) is 99.6 Å². The quantitative estimate of drug-likeness (QED) is 0.0367. The van der Waals surface area contributed by atoms with Crippen LogP contribution in [0.2, 0.25) is 18.1 Å².